The quantitative estimate of drug-likeness (QED) is 0.788. The standard InChI is InChI=1S/C22H28N4O3S/c27-22(24-19-10-11-21(23-17-19)25-12-3-1-4-13-25)18-8-7-9-20(16-18)30(28,29)26-14-5-2-6-15-26/h7-11,16-17H,1-6,12-15H2,(H,24,27). The van der Waals surface area contributed by atoms with Gasteiger partial charge in [-0.25, -0.2) is 13.4 Å². The molecule has 2 aliphatic heterocycles. The van der Waals surface area contributed by atoms with Gasteiger partial charge in [0.05, 0.1) is 16.8 Å². The second-order valence-electron chi connectivity index (χ2n) is 7.90. The van der Waals surface area contributed by atoms with Crippen LogP contribution in [-0.2, 0) is 10.0 Å². The summed E-state index contributed by atoms with van der Waals surface area (Å²) in [5, 5.41) is 2.82. The van der Waals surface area contributed by atoms with Crippen molar-refractivity contribution in [2.45, 2.75) is 43.4 Å². The summed E-state index contributed by atoms with van der Waals surface area (Å²) in [6.07, 6.45) is 8.07. The molecule has 2 fully saturated rings. The molecule has 2 aliphatic rings. The molecule has 160 valence electrons. The number of amides is 1. The molecule has 30 heavy (non-hydrogen) atoms. The first-order chi connectivity index (χ1) is 14.5. The number of nitrogens with one attached hydrogen (secondary N) is 1. The Balaban J connectivity index is 1.45. The third-order valence-electron chi connectivity index (χ3n) is 5.73. The van der Waals surface area contributed by atoms with Crippen LogP contribution in [0, 0.1) is 0 Å². The zero-order chi connectivity index (χ0) is 21.0. The van der Waals surface area contributed by atoms with E-state index in [1.807, 2.05) is 12.1 Å². The van der Waals surface area contributed by atoms with E-state index < -0.39 is 10.0 Å². The van der Waals surface area contributed by atoms with Gasteiger partial charge in [0.1, 0.15) is 5.82 Å². The summed E-state index contributed by atoms with van der Waals surface area (Å²) in [7, 11) is -3.57. The van der Waals surface area contributed by atoms with E-state index in [-0.39, 0.29) is 10.8 Å². The van der Waals surface area contributed by atoms with Crippen LogP contribution < -0.4 is 10.2 Å². The average Bonchev–Trinajstić information content (AvgIpc) is 2.81. The summed E-state index contributed by atoms with van der Waals surface area (Å²) < 4.78 is 27.3. The van der Waals surface area contributed by atoms with Crippen molar-refractivity contribution in [2.24, 2.45) is 0 Å². The molecule has 0 spiro atoms. The number of nitrogens with zero attached hydrogens (tertiary/aromatic N) is 3. The van der Waals surface area contributed by atoms with Gasteiger partial charge >= 0.3 is 0 Å². The number of pyridine rings is 1. The van der Waals surface area contributed by atoms with E-state index in [1.165, 1.54) is 29.6 Å². The lowest BCUT2D eigenvalue weighted by atomic mass is 10.1. The van der Waals surface area contributed by atoms with Crippen LogP contribution in [0.1, 0.15) is 48.9 Å². The van der Waals surface area contributed by atoms with E-state index >= 15 is 0 Å². The van der Waals surface area contributed by atoms with E-state index in [0.29, 0.717) is 24.3 Å². The molecule has 0 atom stereocenters. The summed E-state index contributed by atoms with van der Waals surface area (Å²) in [6, 6.07) is 10.00. The van der Waals surface area contributed by atoms with Gasteiger partial charge in [-0.05, 0) is 62.4 Å². The van der Waals surface area contributed by atoms with Gasteiger partial charge in [0, 0.05) is 31.7 Å². The lowest BCUT2D eigenvalue weighted by molar-refractivity contribution is 0.102. The average molecular weight is 429 g/mol. The number of piperidine rings is 2. The second-order valence-corrected chi connectivity index (χ2v) is 9.84. The number of sulfonamides is 1. The Hall–Kier alpha value is -2.45. The van der Waals surface area contributed by atoms with Crippen molar-refractivity contribution in [3.63, 3.8) is 0 Å². The summed E-state index contributed by atoms with van der Waals surface area (Å²) in [6.45, 7) is 3.09. The fraction of sp³-hybridized carbons (Fsp3) is 0.455. The number of rotatable bonds is 5. The Morgan fingerprint density at radius 3 is 2.27 bits per heavy atom. The molecule has 0 saturated carbocycles. The molecule has 1 aromatic carbocycles. The molecule has 0 radical (unpaired) electrons. The molecule has 2 saturated heterocycles. The van der Waals surface area contributed by atoms with Gasteiger partial charge in [-0.3, -0.25) is 4.79 Å². The van der Waals surface area contributed by atoms with Gasteiger partial charge in [0.25, 0.3) is 5.91 Å². The van der Waals surface area contributed by atoms with Crippen molar-refractivity contribution in [1.82, 2.24) is 9.29 Å². The topological polar surface area (TPSA) is 82.6 Å². The van der Waals surface area contributed by atoms with Gasteiger partial charge < -0.3 is 10.2 Å². The third kappa shape index (κ3) is 4.65. The Morgan fingerprint density at radius 1 is 0.900 bits per heavy atom. The maximum absolute atomic E-state index is 12.9. The number of aromatic nitrogens is 1. The number of carbonyl (C=O) groups excluding carboxylic acids is 1. The van der Waals surface area contributed by atoms with Crippen LogP contribution in [0.4, 0.5) is 11.5 Å². The van der Waals surface area contributed by atoms with Crippen molar-refractivity contribution >= 4 is 27.4 Å². The number of carbonyl (C=O) groups is 1. The molecular weight excluding hydrogens is 400 g/mol. The molecule has 2 aromatic rings. The van der Waals surface area contributed by atoms with Gasteiger partial charge in [-0.1, -0.05) is 12.5 Å². The van der Waals surface area contributed by atoms with E-state index in [9.17, 15) is 13.2 Å². The summed E-state index contributed by atoms with van der Waals surface area (Å²) in [5.41, 5.74) is 0.901. The molecule has 8 heteroatoms. The minimum absolute atomic E-state index is 0.163. The maximum atomic E-state index is 12.9. The highest BCUT2D eigenvalue weighted by Gasteiger charge is 2.26. The molecule has 3 heterocycles. The van der Waals surface area contributed by atoms with Crippen LogP contribution in [0.2, 0.25) is 0 Å². The Morgan fingerprint density at radius 2 is 1.60 bits per heavy atom. The lowest BCUT2D eigenvalue weighted by Gasteiger charge is -2.27. The molecule has 7 nitrogen and oxygen atoms in total. The fourth-order valence-electron chi connectivity index (χ4n) is 4.03. The van der Waals surface area contributed by atoms with Crippen LogP contribution in [0.3, 0.4) is 0 Å². The lowest BCUT2D eigenvalue weighted by Crippen LogP contribution is -2.35. The highest BCUT2D eigenvalue weighted by atomic mass is 32.2. The highest BCUT2D eigenvalue weighted by Crippen LogP contribution is 2.22. The Labute approximate surface area is 178 Å². The highest BCUT2D eigenvalue weighted by molar-refractivity contribution is 7.89. The molecule has 1 N–H and O–H groups in total. The van der Waals surface area contributed by atoms with Crippen LogP contribution >= 0.6 is 0 Å². The van der Waals surface area contributed by atoms with E-state index in [2.05, 4.69) is 15.2 Å². The molecule has 0 unspecified atom stereocenters. The molecule has 0 aliphatic carbocycles. The third-order valence-corrected chi connectivity index (χ3v) is 7.63. The number of anilines is 2. The van der Waals surface area contributed by atoms with Crippen molar-refractivity contribution in [2.75, 3.05) is 36.4 Å². The molecular formula is C22H28N4O3S. The number of hydrogen-bond acceptors (Lipinski definition) is 5. The predicted molar refractivity (Wildman–Crippen MR) is 117 cm³/mol. The SMILES string of the molecule is O=C(Nc1ccc(N2CCCCC2)nc1)c1cccc(S(=O)(=O)N2CCCCC2)c1. The largest absolute Gasteiger partial charge is 0.357 e. The summed E-state index contributed by atoms with van der Waals surface area (Å²) in [5.74, 6) is 0.570. The molecule has 1 aromatic heterocycles. The van der Waals surface area contributed by atoms with Crippen molar-refractivity contribution in [3.05, 3.63) is 48.2 Å². The van der Waals surface area contributed by atoms with Crippen LogP contribution in [-0.4, -0.2) is 49.8 Å². The van der Waals surface area contributed by atoms with E-state index in [4.69, 9.17) is 0 Å². The Kier molecular flexibility index (Phi) is 6.34. The summed E-state index contributed by atoms with van der Waals surface area (Å²) >= 11 is 0. The van der Waals surface area contributed by atoms with Gasteiger partial charge in [-0.2, -0.15) is 4.31 Å². The first-order valence-corrected chi connectivity index (χ1v) is 12.1. The normalized spacial score (nSPS) is 18.2. The van der Waals surface area contributed by atoms with Crippen molar-refractivity contribution in [1.29, 1.82) is 0 Å². The zero-order valence-electron chi connectivity index (χ0n) is 17.1. The minimum atomic E-state index is -3.57. The van der Waals surface area contributed by atoms with Gasteiger partial charge in [0.2, 0.25) is 10.0 Å². The fourth-order valence-corrected chi connectivity index (χ4v) is 5.59. The van der Waals surface area contributed by atoms with E-state index in [0.717, 1.165) is 38.2 Å². The molecule has 0 bridgehead atoms. The minimum Gasteiger partial charge on any atom is -0.357 e. The first-order valence-electron chi connectivity index (χ1n) is 10.7. The smallest absolute Gasteiger partial charge is 0.255 e. The molecule has 1 amide bonds. The van der Waals surface area contributed by atoms with Crippen molar-refractivity contribution < 1.29 is 13.2 Å². The zero-order valence-corrected chi connectivity index (χ0v) is 17.9. The first kappa shape index (κ1) is 20.8. The monoisotopic (exact) mass is 428 g/mol. The van der Waals surface area contributed by atoms with Crippen LogP contribution in [0.5, 0.6) is 0 Å². The number of hydrogen-bond donors (Lipinski definition) is 1. The van der Waals surface area contributed by atoms with Crippen molar-refractivity contribution in [3.8, 4) is 0 Å². The second kappa shape index (κ2) is 9.14. The van der Waals surface area contributed by atoms with Gasteiger partial charge in [0.15, 0.2) is 0 Å². The maximum Gasteiger partial charge on any atom is 0.255 e. The predicted octanol–water partition coefficient (Wildman–Crippen LogP) is 3.50. The Bertz CT molecular complexity index is 980. The summed E-state index contributed by atoms with van der Waals surface area (Å²) in [4.78, 5) is 19.6. The van der Waals surface area contributed by atoms with Gasteiger partial charge in [-0.15, -0.1) is 0 Å². The van der Waals surface area contributed by atoms with Crippen LogP contribution in [0.25, 0.3) is 0 Å². The van der Waals surface area contributed by atoms with E-state index in [1.54, 1.807) is 24.4 Å². The van der Waals surface area contributed by atoms with Crippen LogP contribution in [0.15, 0.2) is 47.5 Å². The molecule has 4 rings (SSSR count). The number of benzene rings is 1.